The summed E-state index contributed by atoms with van der Waals surface area (Å²) in [5.41, 5.74) is 19.2. The van der Waals surface area contributed by atoms with E-state index in [0.29, 0.717) is 17.5 Å². The first-order valence-electron chi connectivity index (χ1n) is 22.1. The molecule has 0 fully saturated rings. The van der Waals surface area contributed by atoms with E-state index < -0.39 is 5.41 Å². The van der Waals surface area contributed by atoms with Crippen LogP contribution in [0.2, 0.25) is 0 Å². The second-order valence-corrected chi connectivity index (χ2v) is 16.9. The average molecular weight is 827 g/mol. The van der Waals surface area contributed by atoms with Crippen molar-refractivity contribution in [2.24, 2.45) is 0 Å². The van der Waals surface area contributed by atoms with Crippen molar-refractivity contribution in [1.82, 2.24) is 19.9 Å². The third-order valence-corrected chi connectivity index (χ3v) is 13.5. The molecule has 4 nitrogen and oxygen atoms in total. The van der Waals surface area contributed by atoms with Gasteiger partial charge in [0.15, 0.2) is 17.5 Å². The van der Waals surface area contributed by atoms with Crippen LogP contribution in [-0.4, -0.2) is 19.9 Å². The number of pyridine rings is 1. The minimum atomic E-state index is -0.561. The third kappa shape index (κ3) is 5.77. The maximum Gasteiger partial charge on any atom is 0.164 e. The number of benzene rings is 9. The van der Waals surface area contributed by atoms with Gasteiger partial charge in [-0.2, -0.15) is 0 Å². The minimum absolute atomic E-state index is 0.561. The van der Waals surface area contributed by atoms with Gasteiger partial charge in [-0.05, 0) is 107 Å². The molecular weight excluding hydrogens is 789 g/mol. The lowest BCUT2D eigenvalue weighted by molar-refractivity contribution is 0.775. The number of hydrogen-bond donors (Lipinski definition) is 0. The highest BCUT2D eigenvalue weighted by Crippen LogP contribution is 2.61. The summed E-state index contributed by atoms with van der Waals surface area (Å²) < 4.78 is 0. The molecule has 302 valence electrons. The molecule has 0 saturated carbocycles. The van der Waals surface area contributed by atoms with E-state index in [1.165, 1.54) is 66.4 Å². The molecule has 65 heavy (non-hydrogen) atoms. The zero-order valence-electron chi connectivity index (χ0n) is 35.2. The molecule has 0 atom stereocenters. The van der Waals surface area contributed by atoms with Gasteiger partial charge in [0.1, 0.15) is 0 Å². The number of rotatable bonds is 5. The summed E-state index contributed by atoms with van der Waals surface area (Å²) in [6, 6.07) is 78.8. The van der Waals surface area contributed by atoms with Gasteiger partial charge in [0, 0.05) is 29.1 Å². The molecule has 0 amide bonds. The summed E-state index contributed by atoms with van der Waals surface area (Å²) in [5.74, 6) is 1.84. The average Bonchev–Trinajstić information content (AvgIpc) is 3.63. The largest absolute Gasteiger partial charge is 0.265 e. The van der Waals surface area contributed by atoms with Crippen LogP contribution < -0.4 is 0 Å². The van der Waals surface area contributed by atoms with Gasteiger partial charge in [-0.3, -0.25) is 4.98 Å². The van der Waals surface area contributed by atoms with Crippen LogP contribution >= 0.6 is 0 Å². The Hall–Kier alpha value is -8.60. The SMILES string of the molecule is c1ccc2c(c1)-c1ccccc1C1(c3ccc(-c4nc(-c5ccc(-c6ccncc6)cc5)nc(-c5ccc(-c6cccc7ccccc67)cc5)n4)cc3-2)c2ccccc2-c2ccccc21. The van der Waals surface area contributed by atoms with E-state index in [-0.39, 0.29) is 0 Å². The summed E-state index contributed by atoms with van der Waals surface area (Å²) in [6.45, 7) is 0. The van der Waals surface area contributed by atoms with E-state index in [2.05, 4.69) is 211 Å². The molecule has 9 aromatic carbocycles. The van der Waals surface area contributed by atoms with Crippen LogP contribution in [-0.2, 0) is 5.41 Å². The normalized spacial score (nSPS) is 12.7. The lowest BCUT2D eigenvalue weighted by atomic mass is 9.66. The predicted octanol–water partition coefficient (Wildman–Crippen LogP) is 14.8. The van der Waals surface area contributed by atoms with Gasteiger partial charge < -0.3 is 0 Å². The number of nitrogens with zero attached hydrogens (tertiary/aromatic N) is 4. The van der Waals surface area contributed by atoms with E-state index in [9.17, 15) is 0 Å². The second kappa shape index (κ2) is 14.8. The molecule has 0 saturated heterocycles. The van der Waals surface area contributed by atoms with Crippen LogP contribution in [0.1, 0.15) is 22.3 Å². The molecule has 0 radical (unpaired) electrons. The first-order chi connectivity index (χ1) is 32.2. The van der Waals surface area contributed by atoms with Crippen molar-refractivity contribution >= 4 is 10.8 Å². The fourth-order valence-corrected chi connectivity index (χ4v) is 10.6. The zero-order chi connectivity index (χ0) is 42.9. The topological polar surface area (TPSA) is 51.6 Å². The lowest BCUT2D eigenvalue weighted by Crippen LogP contribution is -2.29. The molecule has 2 aliphatic carbocycles. The lowest BCUT2D eigenvalue weighted by Gasteiger charge is -2.35. The highest BCUT2D eigenvalue weighted by atomic mass is 15.0. The number of aromatic nitrogens is 4. The third-order valence-electron chi connectivity index (χ3n) is 13.5. The summed E-state index contributed by atoms with van der Waals surface area (Å²) in [4.78, 5) is 20.0. The Balaban J connectivity index is 1.02. The molecule has 11 aromatic rings. The van der Waals surface area contributed by atoms with Gasteiger partial charge in [-0.1, -0.05) is 200 Å². The molecule has 2 aliphatic rings. The zero-order valence-corrected chi connectivity index (χ0v) is 35.2. The predicted molar refractivity (Wildman–Crippen MR) is 264 cm³/mol. The summed E-state index contributed by atoms with van der Waals surface area (Å²) in [7, 11) is 0. The molecule has 0 unspecified atom stereocenters. The Morgan fingerprint density at radius 2 is 0.662 bits per heavy atom. The molecule has 0 N–H and O–H groups in total. The van der Waals surface area contributed by atoms with Gasteiger partial charge in [0.25, 0.3) is 0 Å². The van der Waals surface area contributed by atoms with E-state index in [1.54, 1.807) is 0 Å². The molecule has 0 bridgehead atoms. The molecule has 2 heterocycles. The molecule has 2 aromatic heterocycles. The van der Waals surface area contributed by atoms with Crippen LogP contribution in [0, 0.1) is 0 Å². The second-order valence-electron chi connectivity index (χ2n) is 16.9. The van der Waals surface area contributed by atoms with E-state index in [0.717, 1.165) is 38.9 Å². The Bertz CT molecular complexity index is 3600. The van der Waals surface area contributed by atoms with Crippen molar-refractivity contribution in [3.05, 3.63) is 253 Å². The Morgan fingerprint density at radius 1 is 0.262 bits per heavy atom. The van der Waals surface area contributed by atoms with Crippen LogP contribution in [0.3, 0.4) is 0 Å². The first-order valence-corrected chi connectivity index (χ1v) is 22.1. The fourth-order valence-electron chi connectivity index (χ4n) is 10.6. The van der Waals surface area contributed by atoms with Gasteiger partial charge in [0.05, 0.1) is 5.41 Å². The number of hydrogen-bond acceptors (Lipinski definition) is 4. The van der Waals surface area contributed by atoms with Crippen LogP contribution in [0.15, 0.2) is 231 Å². The van der Waals surface area contributed by atoms with E-state index in [4.69, 9.17) is 15.0 Å². The van der Waals surface area contributed by atoms with Crippen LogP contribution in [0.4, 0.5) is 0 Å². The quantitative estimate of drug-likeness (QED) is 0.173. The smallest absolute Gasteiger partial charge is 0.164 e. The standard InChI is InChI=1S/C61H38N4/c1-2-14-46-41(12-1)13-11-20-47(46)42-26-30-44(31-27-42)59-63-58(43-28-24-39(25-29-43)40-34-36-62-37-35-40)64-60(65-59)45-32-33-57-53(38-45)49-16-4-3-15-48(49)50-17-5-8-21-54(50)61(57)55-22-9-6-18-51(55)52-19-7-10-23-56(52)61/h1-38H. The van der Waals surface area contributed by atoms with Crippen molar-refractivity contribution in [2.45, 2.75) is 5.41 Å². The summed E-state index contributed by atoms with van der Waals surface area (Å²) >= 11 is 0. The van der Waals surface area contributed by atoms with Gasteiger partial charge >= 0.3 is 0 Å². The van der Waals surface area contributed by atoms with Crippen molar-refractivity contribution in [3.8, 4) is 89.8 Å². The Kier molecular flexibility index (Phi) is 8.40. The van der Waals surface area contributed by atoms with Gasteiger partial charge in [-0.15, -0.1) is 0 Å². The van der Waals surface area contributed by atoms with Crippen molar-refractivity contribution < 1.29 is 0 Å². The van der Waals surface area contributed by atoms with E-state index in [1.807, 2.05) is 24.5 Å². The van der Waals surface area contributed by atoms with Crippen LogP contribution in [0.5, 0.6) is 0 Å². The highest BCUT2D eigenvalue weighted by molar-refractivity contribution is 5.99. The minimum Gasteiger partial charge on any atom is -0.265 e. The monoisotopic (exact) mass is 826 g/mol. The number of fused-ring (bicyclic) bond motifs is 13. The molecule has 13 rings (SSSR count). The first kappa shape index (κ1) is 37.0. The molecule has 1 spiro atoms. The van der Waals surface area contributed by atoms with E-state index >= 15 is 0 Å². The van der Waals surface area contributed by atoms with Crippen molar-refractivity contribution in [3.63, 3.8) is 0 Å². The molecule has 4 heteroatoms. The van der Waals surface area contributed by atoms with Gasteiger partial charge in [0.2, 0.25) is 0 Å². The van der Waals surface area contributed by atoms with Crippen LogP contribution in [0.25, 0.3) is 101 Å². The highest BCUT2D eigenvalue weighted by Gasteiger charge is 2.49. The molecule has 0 aliphatic heterocycles. The Morgan fingerprint density at radius 3 is 1.28 bits per heavy atom. The summed E-state index contributed by atoms with van der Waals surface area (Å²) in [6.07, 6.45) is 3.64. The Labute approximate surface area is 377 Å². The van der Waals surface area contributed by atoms with Gasteiger partial charge in [-0.25, -0.2) is 15.0 Å². The fraction of sp³-hybridized carbons (Fsp3) is 0.0164. The maximum absolute atomic E-state index is 5.32. The maximum atomic E-state index is 5.32. The molecular formula is C61H38N4. The summed E-state index contributed by atoms with van der Waals surface area (Å²) in [5, 5.41) is 2.44. The van der Waals surface area contributed by atoms with Crippen molar-refractivity contribution in [2.75, 3.05) is 0 Å². The van der Waals surface area contributed by atoms with Crippen molar-refractivity contribution in [1.29, 1.82) is 0 Å².